The zero-order valence-corrected chi connectivity index (χ0v) is 14.9. The molecule has 1 fully saturated rings. The van der Waals surface area contributed by atoms with Crippen LogP contribution in [0, 0.1) is 5.92 Å². The molecule has 1 aliphatic heterocycles. The number of likely N-dealkylation sites (N-methyl/N-ethyl adjacent to an activating group) is 1. The first-order chi connectivity index (χ1) is 11.5. The van der Waals surface area contributed by atoms with Gasteiger partial charge >= 0.3 is 0 Å². The summed E-state index contributed by atoms with van der Waals surface area (Å²) in [6.07, 6.45) is 1.59. The summed E-state index contributed by atoms with van der Waals surface area (Å²) >= 11 is 0. The fourth-order valence-corrected chi connectivity index (χ4v) is 2.95. The third-order valence-electron chi connectivity index (χ3n) is 4.49. The Morgan fingerprint density at radius 2 is 2.00 bits per heavy atom. The van der Waals surface area contributed by atoms with Gasteiger partial charge in [-0.3, -0.25) is 9.69 Å². The highest BCUT2D eigenvalue weighted by Gasteiger charge is 2.21. The predicted molar refractivity (Wildman–Crippen MR) is 94.6 cm³/mol. The normalized spacial score (nSPS) is 17.2. The Hall–Kier alpha value is -1.43. The van der Waals surface area contributed by atoms with Crippen molar-refractivity contribution in [2.75, 3.05) is 39.8 Å². The lowest BCUT2D eigenvalue weighted by molar-refractivity contribution is -0.133. The van der Waals surface area contributed by atoms with Crippen LogP contribution in [0.15, 0.2) is 30.3 Å². The minimum absolute atomic E-state index is 0.154. The molecule has 1 aliphatic rings. The van der Waals surface area contributed by atoms with Crippen molar-refractivity contribution in [1.82, 2.24) is 9.80 Å². The van der Waals surface area contributed by atoms with Crippen LogP contribution < -0.4 is 0 Å². The molecule has 134 valence electrons. The summed E-state index contributed by atoms with van der Waals surface area (Å²) in [5.41, 5.74) is 1.09. The van der Waals surface area contributed by atoms with E-state index in [1.54, 1.807) is 0 Å². The molecule has 1 heterocycles. The van der Waals surface area contributed by atoms with Gasteiger partial charge in [0.2, 0.25) is 5.91 Å². The van der Waals surface area contributed by atoms with Gasteiger partial charge in [0.25, 0.3) is 0 Å². The zero-order chi connectivity index (χ0) is 17.4. The second-order valence-electron chi connectivity index (χ2n) is 6.91. The summed E-state index contributed by atoms with van der Waals surface area (Å²) in [4.78, 5) is 16.1. The maximum absolute atomic E-state index is 12.3. The van der Waals surface area contributed by atoms with Gasteiger partial charge in [-0.2, -0.15) is 0 Å². The third-order valence-corrected chi connectivity index (χ3v) is 4.49. The highest BCUT2D eigenvalue weighted by Crippen LogP contribution is 2.16. The lowest BCUT2D eigenvalue weighted by Gasteiger charge is -2.32. The van der Waals surface area contributed by atoms with Gasteiger partial charge in [0.05, 0.1) is 25.9 Å². The topological polar surface area (TPSA) is 53.0 Å². The Bertz CT molecular complexity index is 487. The molecule has 1 N–H and O–H groups in total. The molecule has 0 bridgehead atoms. The van der Waals surface area contributed by atoms with Gasteiger partial charge in [0, 0.05) is 19.6 Å². The number of amides is 1. The SMILES string of the molecule is CC1CCN(C(=O)CN(C)C[C@@H](O)COCc2ccccc2)CC1. The van der Waals surface area contributed by atoms with Crippen LogP contribution in [0.1, 0.15) is 25.3 Å². The summed E-state index contributed by atoms with van der Waals surface area (Å²) in [7, 11) is 1.87. The lowest BCUT2D eigenvalue weighted by Crippen LogP contribution is -2.44. The molecule has 0 aromatic heterocycles. The number of aliphatic hydroxyl groups is 1. The van der Waals surface area contributed by atoms with E-state index in [4.69, 9.17) is 4.74 Å². The number of carbonyl (C=O) groups excluding carboxylic acids is 1. The number of benzene rings is 1. The van der Waals surface area contributed by atoms with E-state index in [-0.39, 0.29) is 12.5 Å². The van der Waals surface area contributed by atoms with E-state index in [0.717, 1.165) is 37.4 Å². The van der Waals surface area contributed by atoms with E-state index in [1.807, 2.05) is 47.2 Å². The molecule has 0 aliphatic carbocycles. The number of ether oxygens (including phenoxy) is 1. The van der Waals surface area contributed by atoms with Crippen molar-refractivity contribution in [2.24, 2.45) is 5.92 Å². The number of nitrogens with zero attached hydrogens (tertiary/aromatic N) is 2. The molecule has 24 heavy (non-hydrogen) atoms. The van der Waals surface area contributed by atoms with Crippen LogP contribution in [0.25, 0.3) is 0 Å². The Kier molecular flexibility index (Phi) is 7.69. The van der Waals surface area contributed by atoms with Crippen molar-refractivity contribution in [3.63, 3.8) is 0 Å². The van der Waals surface area contributed by atoms with Gasteiger partial charge < -0.3 is 14.7 Å². The summed E-state index contributed by atoms with van der Waals surface area (Å²) in [5.74, 6) is 0.872. The van der Waals surface area contributed by atoms with E-state index >= 15 is 0 Å². The van der Waals surface area contributed by atoms with Crippen LogP contribution in [0.3, 0.4) is 0 Å². The minimum atomic E-state index is -0.590. The molecule has 5 heteroatoms. The van der Waals surface area contributed by atoms with Crippen molar-refractivity contribution in [2.45, 2.75) is 32.5 Å². The number of hydrogen-bond acceptors (Lipinski definition) is 4. The number of hydrogen-bond donors (Lipinski definition) is 1. The van der Waals surface area contributed by atoms with E-state index in [9.17, 15) is 9.90 Å². The minimum Gasteiger partial charge on any atom is -0.389 e. The summed E-state index contributed by atoms with van der Waals surface area (Å²) in [6.45, 7) is 5.50. The Balaban J connectivity index is 1.62. The number of piperidine rings is 1. The first kappa shape index (κ1) is 18.9. The molecule has 1 aromatic rings. The Labute approximate surface area is 145 Å². The van der Waals surface area contributed by atoms with Crippen molar-refractivity contribution >= 4 is 5.91 Å². The average Bonchev–Trinajstić information content (AvgIpc) is 2.56. The standard InChI is InChI=1S/C19H30N2O3/c1-16-8-10-21(11-9-16)19(23)13-20(2)12-18(22)15-24-14-17-6-4-3-5-7-17/h3-7,16,18,22H,8-15H2,1-2H3/t18-/m1/s1. The molecule has 0 saturated carbocycles. The van der Waals surface area contributed by atoms with Gasteiger partial charge in [0.1, 0.15) is 0 Å². The molecule has 0 unspecified atom stereocenters. The zero-order valence-electron chi connectivity index (χ0n) is 14.9. The van der Waals surface area contributed by atoms with Crippen molar-refractivity contribution in [3.05, 3.63) is 35.9 Å². The van der Waals surface area contributed by atoms with Crippen LogP contribution >= 0.6 is 0 Å². The van der Waals surface area contributed by atoms with E-state index < -0.39 is 6.10 Å². The first-order valence-electron chi connectivity index (χ1n) is 8.80. The van der Waals surface area contributed by atoms with Crippen LogP contribution in [-0.2, 0) is 16.1 Å². The van der Waals surface area contributed by atoms with Crippen molar-refractivity contribution in [1.29, 1.82) is 0 Å². The summed E-state index contributed by atoms with van der Waals surface area (Å²) in [6, 6.07) is 9.90. The van der Waals surface area contributed by atoms with Crippen LogP contribution in [0.5, 0.6) is 0 Å². The number of likely N-dealkylation sites (tertiary alicyclic amines) is 1. The highest BCUT2D eigenvalue weighted by atomic mass is 16.5. The second kappa shape index (κ2) is 9.77. The van der Waals surface area contributed by atoms with Gasteiger partial charge in [-0.05, 0) is 31.4 Å². The Morgan fingerprint density at radius 1 is 1.33 bits per heavy atom. The second-order valence-corrected chi connectivity index (χ2v) is 6.91. The molecular formula is C19H30N2O3. The Morgan fingerprint density at radius 3 is 2.67 bits per heavy atom. The predicted octanol–water partition coefficient (Wildman–Crippen LogP) is 1.75. The molecule has 1 saturated heterocycles. The van der Waals surface area contributed by atoms with E-state index in [1.165, 1.54) is 0 Å². The van der Waals surface area contributed by atoms with Gasteiger partial charge in [-0.1, -0.05) is 37.3 Å². The third kappa shape index (κ3) is 6.59. The molecule has 0 radical (unpaired) electrons. The van der Waals surface area contributed by atoms with Crippen LogP contribution in [-0.4, -0.2) is 66.8 Å². The maximum Gasteiger partial charge on any atom is 0.236 e. The first-order valence-corrected chi connectivity index (χ1v) is 8.80. The van der Waals surface area contributed by atoms with Crippen LogP contribution in [0.4, 0.5) is 0 Å². The number of aliphatic hydroxyl groups excluding tert-OH is 1. The van der Waals surface area contributed by atoms with Gasteiger partial charge in [-0.25, -0.2) is 0 Å². The molecule has 1 atom stereocenters. The number of carbonyl (C=O) groups is 1. The van der Waals surface area contributed by atoms with Crippen molar-refractivity contribution in [3.8, 4) is 0 Å². The molecule has 5 nitrogen and oxygen atoms in total. The monoisotopic (exact) mass is 334 g/mol. The number of rotatable bonds is 8. The maximum atomic E-state index is 12.3. The average molecular weight is 334 g/mol. The lowest BCUT2D eigenvalue weighted by atomic mass is 9.99. The fraction of sp³-hybridized carbons (Fsp3) is 0.632. The molecule has 1 aromatic carbocycles. The van der Waals surface area contributed by atoms with Crippen LogP contribution in [0.2, 0.25) is 0 Å². The van der Waals surface area contributed by atoms with Gasteiger partial charge in [-0.15, -0.1) is 0 Å². The fourth-order valence-electron chi connectivity index (χ4n) is 2.95. The summed E-state index contributed by atoms with van der Waals surface area (Å²) in [5, 5.41) is 10.1. The molecule has 0 spiro atoms. The van der Waals surface area contributed by atoms with Gasteiger partial charge in [0.15, 0.2) is 0 Å². The molecule has 1 amide bonds. The molecular weight excluding hydrogens is 304 g/mol. The van der Waals surface area contributed by atoms with Crippen molar-refractivity contribution < 1.29 is 14.6 Å². The van der Waals surface area contributed by atoms with E-state index in [0.29, 0.717) is 19.7 Å². The molecule has 2 rings (SSSR count). The smallest absolute Gasteiger partial charge is 0.236 e. The largest absolute Gasteiger partial charge is 0.389 e. The highest BCUT2D eigenvalue weighted by molar-refractivity contribution is 5.78. The quantitative estimate of drug-likeness (QED) is 0.787. The van der Waals surface area contributed by atoms with E-state index in [2.05, 4.69) is 6.92 Å². The summed E-state index contributed by atoms with van der Waals surface area (Å²) < 4.78 is 5.54.